The number of halogens is 1. The van der Waals surface area contributed by atoms with Crippen LogP contribution in [-0.4, -0.2) is 13.1 Å². The predicted molar refractivity (Wildman–Crippen MR) is 79.2 cm³/mol. The fourth-order valence-electron chi connectivity index (χ4n) is 3.45. The lowest BCUT2D eigenvalue weighted by atomic mass is 9.72. The van der Waals surface area contributed by atoms with Gasteiger partial charge in [-0.25, -0.2) is 0 Å². The lowest BCUT2D eigenvalue weighted by Crippen LogP contribution is -2.38. The van der Waals surface area contributed by atoms with Gasteiger partial charge in [0.2, 0.25) is 0 Å². The third-order valence-electron chi connectivity index (χ3n) is 4.49. The molecule has 2 atom stereocenters. The van der Waals surface area contributed by atoms with Crippen molar-refractivity contribution >= 4 is 11.6 Å². The Bertz CT molecular complexity index is 373. The van der Waals surface area contributed by atoms with Crippen LogP contribution in [0.4, 0.5) is 0 Å². The summed E-state index contributed by atoms with van der Waals surface area (Å²) >= 11 is 6.39. The minimum Gasteiger partial charge on any atom is -0.316 e. The SMILES string of the molecule is CCC(CC)C1CCNCC1c1ccccc1Cl. The van der Waals surface area contributed by atoms with Crippen molar-refractivity contribution < 1.29 is 0 Å². The van der Waals surface area contributed by atoms with Crippen LogP contribution in [0.3, 0.4) is 0 Å². The van der Waals surface area contributed by atoms with E-state index in [1.165, 1.54) is 24.8 Å². The molecule has 1 nitrogen and oxygen atoms in total. The summed E-state index contributed by atoms with van der Waals surface area (Å²) in [5, 5.41) is 4.47. The molecule has 0 saturated carbocycles. The Kier molecular flexibility index (Phi) is 5.08. The first kappa shape index (κ1) is 13.9. The Labute approximate surface area is 116 Å². The van der Waals surface area contributed by atoms with Crippen LogP contribution >= 0.6 is 11.6 Å². The topological polar surface area (TPSA) is 12.0 Å². The van der Waals surface area contributed by atoms with Crippen LogP contribution in [0.15, 0.2) is 24.3 Å². The van der Waals surface area contributed by atoms with E-state index < -0.39 is 0 Å². The van der Waals surface area contributed by atoms with Gasteiger partial charge in [-0.05, 0) is 36.4 Å². The van der Waals surface area contributed by atoms with Crippen LogP contribution in [0.5, 0.6) is 0 Å². The van der Waals surface area contributed by atoms with E-state index in [1.54, 1.807) is 0 Å². The third-order valence-corrected chi connectivity index (χ3v) is 4.84. The minimum absolute atomic E-state index is 0.581. The van der Waals surface area contributed by atoms with E-state index >= 15 is 0 Å². The maximum atomic E-state index is 6.39. The highest BCUT2D eigenvalue weighted by atomic mass is 35.5. The van der Waals surface area contributed by atoms with Crippen LogP contribution in [0, 0.1) is 11.8 Å². The molecule has 18 heavy (non-hydrogen) atoms. The highest BCUT2D eigenvalue weighted by molar-refractivity contribution is 6.31. The molecule has 1 fully saturated rings. The van der Waals surface area contributed by atoms with Crippen LogP contribution in [0.25, 0.3) is 0 Å². The van der Waals surface area contributed by atoms with Gasteiger partial charge in [-0.15, -0.1) is 0 Å². The van der Waals surface area contributed by atoms with Crippen molar-refractivity contribution in [3.8, 4) is 0 Å². The van der Waals surface area contributed by atoms with E-state index in [1.807, 2.05) is 12.1 Å². The first-order chi connectivity index (χ1) is 8.77. The van der Waals surface area contributed by atoms with Gasteiger partial charge in [0, 0.05) is 17.5 Å². The number of rotatable bonds is 4. The Hall–Kier alpha value is -0.530. The van der Waals surface area contributed by atoms with Gasteiger partial charge in [0.1, 0.15) is 0 Å². The molecule has 0 aromatic heterocycles. The van der Waals surface area contributed by atoms with E-state index in [4.69, 9.17) is 11.6 Å². The molecule has 0 amide bonds. The lowest BCUT2D eigenvalue weighted by molar-refractivity contribution is 0.213. The van der Waals surface area contributed by atoms with Crippen molar-refractivity contribution in [1.29, 1.82) is 0 Å². The first-order valence-electron chi connectivity index (χ1n) is 7.23. The molecule has 2 heteroatoms. The van der Waals surface area contributed by atoms with E-state index in [0.717, 1.165) is 29.9 Å². The molecule has 1 saturated heterocycles. The van der Waals surface area contributed by atoms with E-state index in [0.29, 0.717) is 5.92 Å². The summed E-state index contributed by atoms with van der Waals surface area (Å²) in [6.45, 7) is 6.87. The van der Waals surface area contributed by atoms with Crippen molar-refractivity contribution in [1.82, 2.24) is 5.32 Å². The highest BCUT2D eigenvalue weighted by Crippen LogP contribution is 2.39. The quantitative estimate of drug-likeness (QED) is 0.847. The molecule has 0 bridgehead atoms. The van der Waals surface area contributed by atoms with Gasteiger partial charge in [-0.2, -0.15) is 0 Å². The lowest BCUT2D eigenvalue weighted by Gasteiger charge is -2.37. The third kappa shape index (κ3) is 2.89. The standard InChI is InChI=1S/C16H24ClN/c1-3-12(4-2)13-9-10-18-11-15(13)14-7-5-6-8-16(14)17/h5-8,12-13,15,18H,3-4,9-11H2,1-2H3. The summed E-state index contributed by atoms with van der Waals surface area (Å²) in [4.78, 5) is 0. The molecule has 1 aromatic rings. The molecular formula is C16H24ClN. The van der Waals surface area contributed by atoms with Gasteiger partial charge in [0.05, 0.1) is 0 Å². The average molecular weight is 266 g/mol. The summed E-state index contributed by atoms with van der Waals surface area (Å²) in [5.41, 5.74) is 1.34. The number of benzene rings is 1. The monoisotopic (exact) mass is 265 g/mol. The molecular weight excluding hydrogens is 242 g/mol. The molecule has 0 radical (unpaired) electrons. The zero-order chi connectivity index (χ0) is 13.0. The van der Waals surface area contributed by atoms with Gasteiger partial charge >= 0.3 is 0 Å². The van der Waals surface area contributed by atoms with Crippen LogP contribution in [0.1, 0.15) is 44.6 Å². The fraction of sp³-hybridized carbons (Fsp3) is 0.625. The molecule has 1 aliphatic rings. The zero-order valence-electron chi connectivity index (χ0n) is 11.5. The Balaban J connectivity index is 2.25. The van der Waals surface area contributed by atoms with Gasteiger partial charge in [0.25, 0.3) is 0 Å². The molecule has 1 aliphatic heterocycles. The number of piperidine rings is 1. The van der Waals surface area contributed by atoms with Crippen molar-refractivity contribution in [3.05, 3.63) is 34.9 Å². The maximum absolute atomic E-state index is 6.39. The summed E-state index contributed by atoms with van der Waals surface area (Å²) in [7, 11) is 0. The molecule has 1 aromatic carbocycles. The van der Waals surface area contributed by atoms with E-state index in [-0.39, 0.29) is 0 Å². The zero-order valence-corrected chi connectivity index (χ0v) is 12.2. The predicted octanol–water partition coefficient (Wildman–Crippen LogP) is 4.47. The number of hydrogen-bond donors (Lipinski definition) is 1. The van der Waals surface area contributed by atoms with E-state index in [9.17, 15) is 0 Å². The molecule has 1 heterocycles. The van der Waals surface area contributed by atoms with Crippen molar-refractivity contribution in [3.63, 3.8) is 0 Å². The van der Waals surface area contributed by atoms with Crippen molar-refractivity contribution in [2.45, 2.75) is 39.0 Å². The summed E-state index contributed by atoms with van der Waals surface area (Å²) in [6.07, 6.45) is 3.84. The Morgan fingerprint density at radius 2 is 2.00 bits per heavy atom. The van der Waals surface area contributed by atoms with Crippen LogP contribution < -0.4 is 5.32 Å². The van der Waals surface area contributed by atoms with Crippen molar-refractivity contribution in [2.24, 2.45) is 11.8 Å². The fourth-order valence-corrected chi connectivity index (χ4v) is 3.73. The van der Waals surface area contributed by atoms with Crippen molar-refractivity contribution in [2.75, 3.05) is 13.1 Å². The number of hydrogen-bond acceptors (Lipinski definition) is 1. The maximum Gasteiger partial charge on any atom is 0.0441 e. The normalized spacial score (nSPS) is 24.4. The van der Waals surface area contributed by atoms with E-state index in [2.05, 4.69) is 31.3 Å². The van der Waals surface area contributed by atoms with Gasteiger partial charge < -0.3 is 5.32 Å². The molecule has 0 spiro atoms. The Morgan fingerprint density at radius 3 is 2.67 bits per heavy atom. The first-order valence-corrected chi connectivity index (χ1v) is 7.60. The second kappa shape index (κ2) is 6.58. The van der Waals surface area contributed by atoms with Crippen LogP contribution in [-0.2, 0) is 0 Å². The number of nitrogens with one attached hydrogen (secondary N) is 1. The second-order valence-corrected chi connectivity index (χ2v) is 5.77. The smallest absolute Gasteiger partial charge is 0.0441 e. The van der Waals surface area contributed by atoms with Gasteiger partial charge in [-0.1, -0.05) is 56.5 Å². The second-order valence-electron chi connectivity index (χ2n) is 5.36. The summed E-state index contributed by atoms with van der Waals surface area (Å²) in [6, 6.07) is 8.36. The average Bonchev–Trinajstić information content (AvgIpc) is 2.41. The van der Waals surface area contributed by atoms with Crippen LogP contribution in [0.2, 0.25) is 5.02 Å². The largest absolute Gasteiger partial charge is 0.316 e. The van der Waals surface area contributed by atoms with Gasteiger partial charge in [0.15, 0.2) is 0 Å². The molecule has 1 N–H and O–H groups in total. The summed E-state index contributed by atoms with van der Waals surface area (Å²) in [5.74, 6) is 2.19. The molecule has 2 rings (SSSR count). The van der Waals surface area contributed by atoms with Gasteiger partial charge in [-0.3, -0.25) is 0 Å². The summed E-state index contributed by atoms with van der Waals surface area (Å²) < 4.78 is 0. The molecule has 100 valence electrons. The highest BCUT2D eigenvalue weighted by Gasteiger charge is 2.31. The molecule has 2 unspecified atom stereocenters. The Morgan fingerprint density at radius 1 is 1.28 bits per heavy atom. The molecule has 0 aliphatic carbocycles. The minimum atomic E-state index is 0.581.